The second kappa shape index (κ2) is 5.90. The first-order valence-electron chi connectivity index (χ1n) is 5.83. The van der Waals surface area contributed by atoms with Crippen molar-refractivity contribution in [1.29, 1.82) is 0 Å². The van der Waals surface area contributed by atoms with Crippen LogP contribution in [-0.2, 0) is 11.3 Å². The van der Waals surface area contributed by atoms with Crippen LogP contribution in [0.5, 0.6) is 0 Å². The molecule has 1 saturated heterocycles. The number of rotatable bonds is 4. The summed E-state index contributed by atoms with van der Waals surface area (Å²) in [6.45, 7) is 2.54. The van der Waals surface area contributed by atoms with E-state index in [0.717, 1.165) is 6.54 Å². The van der Waals surface area contributed by atoms with Gasteiger partial charge in [-0.25, -0.2) is 9.78 Å². The number of aromatic carboxylic acids is 1. The maximum absolute atomic E-state index is 10.8. The minimum absolute atomic E-state index is 0.000899. The van der Waals surface area contributed by atoms with Gasteiger partial charge in [0.2, 0.25) is 0 Å². The zero-order valence-electron chi connectivity index (χ0n) is 9.95. The van der Waals surface area contributed by atoms with Gasteiger partial charge in [-0.2, -0.15) is 0 Å². The molecule has 0 amide bonds. The number of aliphatic hydroxyl groups is 1. The van der Waals surface area contributed by atoms with E-state index in [1.807, 2.05) is 0 Å². The number of ether oxygens (including phenoxy) is 1. The average molecular weight is 252 g/mol. The number of aliphatic hydroxyl groups excluding tert-OH is 1. The SMILES string of the molecule is O=C(O)c1cccc(CN2CCOC(CO)C2)n1. The van der Waals surface area contributed by atoms with Crippen molar-refractivity contribution in [2.24, 2.45) is 0 Å². The molecule has 1 aliphatic rings. The summed E-state index contributed by atoms with van der Waals surface area (Å²) in [5.41, 5.74) is 0.771. The molecule has 1 aromatic heterocycles. The number of hydrogen-bond acceptors (Lipinski definition) is 5. The van der Waals surface area contributed by atoms with Gasteiger partial charge in [-0.3, -0.25) is 4.90 Å². The Balaban J connectivity index is 2.00. The van der Waals surface area contributed by atoms with Gasteiger partial charge in [-0.05, 0) is 12.1 Å². The molecule has 1 unspecified atom stereocenters. The number of aromatic nitrogens is 1. The van der Waals surface area contributed by atoms with E-state index < -0.39 is 5.97 Å². The molecule has 98 valence electrons. The third-order valence-corrected chi connectivity index (χ3v) is 2.84. The lowest BCUT2D eigenvalue weighted by molar-refractivity contribution is -0.0553. The molecule has 0 radical (unpaired) electrons. The van der Waals surface area contributed by atoms with Crippen LogP contribution in [-0.4, -0.2) is 58.5 Å². The van der Waals surface area contributed by atoms with E-state index in [4.69, 9.17) is 14.9 Å². The molecule has 6 nitrogen and oxygen atoms in total. The first kappa shape index (κ1) is 12.9. The summed E-state index contributed by atoms with van der Waals surface area (Å²) >= 11 is 0. The predicted molar refractivity (Wildman–Crippen MR) is 63.3 cm³/mol. The Labute approximate surface area is 105 Å². The molecular formula is C12H16N2O4. The minimum atomic E-state index is -1.02. The monoisotopic (exact) mass is 252 g/mol. The van der Waals surface area contributed by atoms with Gasteiger partial charge >= 0.3 is 5.97 Å². The summed E-state index contributed by atoms with van der Waals surface area (Å²) in [5.74, 6) is -1.02. The third-order valence-electron chi connectivity index (χ3n) is 2.84. The maximum Gasteiger partial charge on any atom is 0.354 e. The molecule has 0 spiro atoms. The van der Waals surface area contributed by atoms with E-state index in [1.54, 1.807) is 12.1 Å². The molecule has 2 rings (SSSR count). The number of nitrogens with zero attached hydrogens (tertiary/aromatic N) is 2. The molecule has 0 aliphatic carbocycles. The summed E-state index contributed by atoms with van der Waals surface area (Å²) in [6.07, 6.45) is -0.165. The third kappa shape index (κ3) is 3.25. The maximum atomic E-state index is 10.8. The van der Waals surface area contributed by atoms with Crippen molar-refractivity contribution in [1.82, 2.24) is 9.88 Å². The standard InChI is InChI=1S/C12H16N2O4/c15-8-10-7-14(4-5-18-10)6-9-2-1-3-11(13-9)12(16)17/h1-3,10,15H,4-8H2,(H,16,17). The highest BCUT2D eigenvalue weighted by molar-refractivity contribution is 5.85. The van der Waals surface area contributed by atoms with Gasteiger partial charge in [0.1, 0.15) is 5.69 Å². The van der Waals surface area contributed by atoms with E-state index in [1.165, 1.54) is 6.07 Å². The van der Waals surface area contributed by atoms with Crippen molar-refractivity contribution in [3.05, 3.63) is 29.6 Å². The lowest BCUT2D eigenvalue weighted by Gasteiger charge is -2.31. The van der Waals surface area contributed by atoms with Crippen molar-refractivity contribution in [3.63, 3.8) is 0 Å². The lowest BCUT2D eigenvalue weighted by Crippen LogP contribution is -2.43. The molecule has 1 fully saturated rings. The van der Waals surface area contributed by atoms with Crippen molar-refractivity contribution in [3.8, 4) is 0 Å². The van der Waals surface area contributed by atoms with Crippen molar-refractivity contribution in [2.45, 2.75) is 12.6 Å². The molecule has 2 N–H and O–H groups in total. The van der Waals surface area contributed by atoms with Crippen molar-refractivity contribution >= 4 is 5.97 Å². The van der Waals surface area contributed by atoms with Crippen LogP contribution in [0.25, 0.3) is 0 Å². The van der Waals surface area contributed by atoms with Crippen molar-refractivity contribution in [2.75, 3.05) is 26.3 Å². The first-order valence-corrected chi connectivity index (χ1v) is 5.83. The fraction of sp³-hybridized carbons (Fsp3) is 0.500. The van der Waals surface area contributed by atoms with Crippen LogP contribution < -0.4 is 0 Å². The Morgan fingerprint density at radius 3 is 3.11 bits per heavy atom. The normalized spacial score (nSPS) is 20.8. The highest BCUT2D eigenvalue weighted by Crippen LogP contribution is 2.09. The van der Waals surface area contributed by atoms with Crippen LogP contribution in [0.2, 0.25) is 0 Å². The molecule has 18 heavy (non-hydrogen) atoms. The zero-order valence-corrected chi connectivity index (χ0v) is 9.95. The molecule has 0 aromatic carbocycles. The Hall–Kier alpha value is -1.50. The Morgan fingerprint density at radius 2 is 2.39 bits per heavy atom. The quantitative estimate of drug-likeness (QED) is 0.783. The highest BCUT2D eigenvalue weighted by Gasteiger charge is 2.20. The van der Waals surface area contributed by atoms with E-state index in [2.05, 4.69) is 9.88 Å². The summed E-state index contributed by atoms with van der Waals surface area (Å²) in [6, 6.07) is 4.97. The number of morpholine rings is 1. The number of carboxylic acids is 1. The minimum Gasteiger partial charge on any atom is -0.477 e. The molecule has 1 atom stereocenters. The van der Waals surface area contributed by atoms with Crippen LogP contribution in [0, 0.1) is 0 Å². The lowest BCUT2D eigenvalue weighted by atomic mass is 10.2. The van der Waals surface area contributed by atoms with Crippen molar-refractivity contribution < 1.29 is 19.7 Å². The first-order chi connectivity index (χ1) is 8.69. The summed E-state index contributed by atoms with van der Waals surface area (Å²) in [5, 5.41) is 17.9. The number of hydrogen-bond donors (Lipinski definition) is 2. The molecule has 0 bridgehead atoms. The smallest absolute Gasteiger partial charge is 0.354 e. The fourth-order valence-electron chi connectivity index (χ4n) is 1.95. The highest BCUT2D eigenvalue weighted by atomic mass is 16.5. The fourth-order valence-corrected chi connectivity index (χ4v) is 1.95. The van der Waals surface area contributed by atoms with Crippen LogP contribution in [0.1, 0.15) is 16.2 Å². The van der Waals surface area contributed by atoms with E-state index in [-0.39, 0.29) is 18.4 Å². The zero-order chi connectivity index (χ0) is 13.0. The van der Waals surface area contributed by atoms with Gasteiger partial charge in [0, 0.05) is 19.6 Å². The molecule has 1 aromatic rings. The summed E-state index contributed by atoms with van der Waals surface area (Å²) < 4.78 is 5.35. The van der Waals surface area contributed by atoms with Gasteiger partial charge in [-0.1, -0.05) is 6.07 Å². The Bertz CT molecular complexity index is 424. The molecule has 2 heterocycles. The van der Waals surface area contributed by atoms with Gasteiger partial charge < -0.3 is 14.9 Å². The van der Waals surface area contributed by atoms with E-state index in [0.29, 0.717) is 25.4 Å². The van der Waals surface area contributed by atoms with Gasteiger partial charge in [-0.15, -0.1) is 0 Å². The summed E-state index contributed by atoms with van der Waals surface area (Å²) in [7, 11) is 0. The number of pyridine rings is 1. The number of carbonyl (C=O) groups is 1. The van der Waals surface area contributed by atoms with E-state index >= 15 is 0 Å². The van der Waals surface area contributed by atoms with Crippen LogP contribution >= 0.6 is 0 Å². The molecule has 1 aliphatic heterocycles. The molecular weight excluding hydrogens is 236 g/mol. The molecule has 0 saturated carbocycles. The van der Waals surface area contributed by atoms with E-state index in [9.17, 15) is 4.79 Å². The second-order valence-electron chi connectivity index (χ2n) is 4.23. The second-order valence-corrected chi connectivity index (χ2v) is 4.23. The largest absolute Gasteiger partial charge is 0.477 e. The predicted octanol–water partition coefficient (Wildman–Crippen LogP) is -0.0271. The van der Waals surface area contributed by atoms with Gasteiger partial charge in [0.15, 0.2) is 0 Å². The molecule has 6 heteroatoms. The van der Waals surface area contributed by atoms with Crippen LogP contribution in [0.3, 0.4) is 0 Å². The average Bonchev–Trinajstić information content (AvgIpc) is 2.39. The Kier molecular flexibility index (Phi) is 4.24. The van der Waals surface area contributed by atoms with Crippen LogP contribution in [0.4, 0.5) is 0 Å². The van der Waals surface area contributed by atoms with Gasteiger partial charge in [0.25, 0.3) is 0 Å². The van der Waals surface area contributed by atoms with Crippen LogP contribution in [0.15, 0.2) is 18.2 Å². The topological polar surface area (TPSA) is 82.9 Å². The number of carboxylic acid groups (broad SMARTS) is 1. The Morgan fingerprint density at radius 1 is 1.56 bits per heavy atom. The van der Waals surface area contributed by atoms with Gasteiger partial charge in [0.05, 0.1) is 25.0 Å². The summed E-state index contributed by atoms with van der Waals surface area (Å²) in [4.78, 5) is 17.0.